The van der Waals surface area contributed by atoms with E-state index in [0.29, 0.717) is 17.1 Å². The summed E-state index contributed by atoms with van der Waals surface area (Å²) in [6, 6.07) is 5.22. The first-order chi connectivity index (χ1) is 19.9. The molecule has 0 aromatic heterocycles. The molecule has 0 aliphatic carbocycles. The predicted molar refractivity (Wildman–Crippen MR) is 150 cm³/mol. The van der Waals surface area contributed by atoms with Crippen molar-refractivity contribution in [1.29, 1.82) is 0 Å². The lowest BCUT2D eigenvalue weighted by Gasteiger charge is -2.33. The van der Waals surface area contributed by atoms with E-state index in [1.165, 1.54) is 17.9 Å². The average Bonchev–Trinajstić information content (AvgIpc) is 2.94. The molecule has 0 radical (unpaired) electrons. The van der Waals surface area contributed by atoms with Gasteiger partial charge in [-0.1, -0.05) is 35.9 Å². The molecule has 2 atom stereocenters. The van der Waals surface area contributed by atoms with Crippen molar-refractivity contribution in [2.45, 2.75) is 38.5 Å². The third kappa shape index (κ3) is 6.44. The highest BCUT2D eigenvalue weighted by atomic mass is 35.5. The molecule has 0 saturated carbocycles. The lowest BCUT2D eigenvalue weighted by atomic mass is 9.64. The number of hydrogen-bond acceptors (Lipinski definition) is 9. The number of hydrogen-bond donors (Lipinski definition) is 5. The van der Waals surface area contributed by atoms with Crippen LogP contribution in [0.1, 0.15) is 36.1 Å². The summed E-state index contributed by atoms with van der Waals surface area (Å²) >= 11 is 6.25. The zero-order valence-corrected chi connectivity index (χ0v) is 23.7. The number of ketones is 1. The van der Waals surface area contributed by atoms with Crippen molar-refractivity contribution in [3.63, 3.8) is 0 Å². The summed E-state index contributed by atoms with van der Waals surface area (Å²) < 4.78 is 5.67. The number of halogens is 1. The summed E-state index contributed by atoms with van der Waals surface area (Å²) in [6.07, 6.45) is 0.00778. The van der Waals surface area contributed by atoms with E-state index >= 15 is 0 Å². The van der Waals surface area contributed by atoms with Gasteiger partial charge in [-0.15, -0.1) is 0 Å². The second-order valence-electron chi connectivity index (χ2n) is 10.2. The Morgan fingerprint density at radius 3 is 2.60 bits per heavy atom. The molecule has 2 aliphatic heterocycles. The van der Waals surface area contributed by atoms with Gasteiger partial charge in [-0.25, -0.2) is 4.79 Å². The molecule has 2 aromatic rings. The predicted octanol–water partition coefficient (Wildman–Crippen LogP) is 1.06. The smallest absolute Gasteiger partial charge is 0.526 e. The van der Waals surface area contributed by atoms with Crippen molar-refractivity contribution in [3.05, 3.63) is 52.0 Å². The van der Waals surface area contributed by atoms with Crippen LogP contribution in [-0.2, 0) is 25.6 Å². The molecule has 1 fully saturated rings. The highest BCUT2D eigenvalue weighted by molar-refractivity contribution is 6.47. The zero-order chi connectivity index (χ0) is 30.7. The van der Waals surface area contributed by atoms with Crippen LogP contribution in [0.2, 0.25) is 10.8 Å². The Balaban J connectivity index is 1.54. The Hall–Kier alpha value is -4.30. The number of nitrogens with one attached hydrogen (secondary N) is 2. The third-order valence-electron chi connectivity index (χ3n) is 7.22. The zero-order valence-electron chi connectivity index (χ0n) is 22.9. The molecule has 13 nitrogen and oxygen atoms in total. The molecular weight excluding hydrogens is 571 g/mol. The number of fused-ring (bicyclic) bond motifs is 1. The Kier molecular flexibility index (Phi) is 9.27. The minimum absolute atomic E-state index is 0.00137. The molecule has 4 rings (SSSR count). The fraction of sp³-hybridized carbons (Fsp3) is 0.370. The van der Waals surface area contributed by atoms with Crippen LogP contribution < -0.4 is 15.3 Å². The number of amides is 5. The molecular formula is C27H30BClN4O9. The molecule has 1 saturated heterocycles. The molecule has 2 heterocycles. The third-order valence-corrected chi connectivity index (χ3v) is 7.61. The maximum atomic E-state index is 13.7. The van der Waals surface area contributed by atoms with Crippen LogP contribution in [0.5, 0.6) is 17.2 Å². The van der Waals surface area contributed by atoms with Gasteiger partial charge in [0.1, 0.15) is 11.8 Å². The first-order valence-electron chi connectivity index (χ1n) is 13.2. The van der Waals surface area contributed by atoms with Gasteiger partial charge in [0.25, 0.3) is 0 Å². The fourth-order valence-corrected chi connectivity index (χ4v) is 5.24. The normalized spacial score (nSPS) is 17.3. The van der Waals surface area contributed by atoms with E-state index < -0.39 is 59.1 Å². The van der Waals surface area contributed by atoms with Crippen LogP contribution in [0, 0.1) is 6.92 Å². The van der Waals surface area contributed by atoms with E-state index in [0.717, 1.165) is 17.2 Å². The van der Waals surface area contributed by atoms with Gasteiger partial charge in [0.2, 0.25) is 5.91 Å². The molecule has 2 aromatic carbocycles. The van der Waals surface area contributed by atoms with Gasteiger partial charge in [-0.05, 0) is 30.5 Å². The first-order valence-corrected chi connectivity index (χ1v) is 13.6. The second-order valence-corrected chi connectivity index (χ2v) is 10.5. The quantitative estimate of drug-likeness (QED) is 0.168. The van der Waals surface area contributed by atoms with Gasteiger partial charge in [0.05, 0.1) is 5.02 Å². The number of aryl methyl sites for hydroxylation is 1. The summed E-state index contributed by atoms with van der Waals surface area (Å²) in [7, 11) is -1.33. The molecule has 222 valence electrons. The van der Waals surface area contributed by atoms with Gasteiger partial charge in [-0.3, -0.25) is 24.1 Å². The van der Waals surface area contributed by atoms with E-state index in [1.54, 1.807) is 0 Å². The highest BCUT2D eigenvalue weighted by Gasteiger charge is 2.41. The summed E-state index contributed by atoms with van der Waals surface area (Å²) in [5, 5.41) is 35.3. The monoisotopic (exact) mass is 600 g/mol. The summed E-state index contributed by atoms with van der Waals surface area (Å²) in [4.78, 5) is 65.3. The Morgan fingerprint density at radius 1 is 1.14 bits per heavy atom. The van der Waals surface area contributed by atoms with E-state index in [-0.39, 0.29) is 44.1 Å². The van der Waals surface area contributed by atoms with Crippen LogP contribution in [0.3, 0.4) is 0 Å². The highest BCUT2D eigenvalue weighted by Crippen LogP contribution is 2.40. The van der Waals surface area contributed by atoms with Gasteiger partial charge in [0.15, 0.2) is 17.3 Å². The molecule has 15 heteroatoms. The Morgan fingerprint density at radius 2 is 1.88 bits per heavy atom. The van der Waals surface area contributed by atoms with Crippen molar-refractivity contribution in [1.82, 2.24) is 20.4 Å². The van der Waals surface area contributed by atoms with Crippen molar-refractivity contribution < 1.29 is 43.9 Å². The summed E-state index contributed by atoms with van der Waals surface area (Å²) in [5.41, 5.74) is 1.54. The minimum atomic E-state index is -1.52. The Labute approximate surface area is 246 Å². The summed E-state index contributed by atoms with van der Waals surface area (Å²) in [6.45, 7) is 3.16. The topological polar surface area (TPSA) is 186 Å². The van der Waals surface area contributed by atoms with Gasteiger partial charge in [0, 0.05) is 50.9 Å². The van der Waals surface area contributed by atoms with Crippen molar-refractivity contribution in [3.8, 4) is 17.2 Å². The number of urea groups is 1. The van der Waals surface area contributed by atoms with Crippen molar-refractivity contribution in [2.75, 3.05) is 26.2 Å². The number of benzene rings is 2. The lowest BCUT2D eigenvalue weighted by molar-refractivity contribution is -0.153. The van der Waals surface area contributed by atoms with Gasteiger partial charge < -0.3 is 35.4 Å². The lowest BCUT2D eigenvalue weighted by Crippen LogP contribution is -2.59. The minimum Gasteiger partial charge on any atom is -0.536 e. The van der Waals surface area contributed by atoms with Crippen LogP contribution in [0.25, 0.3) is 0 Å². The van der Waals surface area contributed by atoms with Crippen molar-refractivity contribution >= 4 is 48.3 Å². The number of aromatic hydroxyl groups is 2. The number of piperazine rings is 1. The van der Waals surface area contributed by atoms with Crippen LogP contribution in [0.15, 0.2) is 30.3 Å². The number of rotatable bonds is 8. The van der Waals surface area contributed by atoms with Crippen LogP contribution in [-0.4, -0.2) is 87.9 Å². The SMILES string of the molecule is CC(=O)NCCN1CCN(C(=O)NC(C(=O)C[C@H]2Cc3cccc(C)c3OB2O)c2ccc(O)c(O)c2Cl)C(=O)C1=O. The molecule has 2 aliphatic rings. The molecule has 0 spiro atoms. The molecule has 5 N–H and O–H groups in total. The first kappa shape index (κ1) is 30.7. The number of phenolic OH excluding ortho intramolecular Hbond substituents is 2. The number of imide groups is 1. The number of carbonyl (C=O) groups excluding carboxylic acids is 5. The van der Waals surface area contributed by atoms with Gasteiger partial charge in [-0.2, -0.15) is 0 Å². The maximum absolute atomic E-state index is 13.7. The fourth-order valence-electron chi connectivity index (χ4n) is 4.97. The maximum Gasteiger partial charge on any atom is 0.526 e. The number of carbonyl (C=O) groups is 5. The number of phenols is 2. The van der Waals surface area contributed by atoms with Crippen molar-refractivity contribution in [2.24, 2.45) is 0 Å². The number of nitrogens with zero attached hydrogens (tertiary/aromatic N) is 2. The summed E-state index contributed by atoms with van der Waals surface area (Å²) in [5.74, 6) is -4.46. The Bertz CT molecular complexity index is 1440. The molecule has 0 bridgehead atoms. The molecule has 1 unspecified atom stereocenters. The van der Waals surface area contributed by atoms with Gasteiger partial charge >= 0.3 is 25.0 Å². The molecule has 5 amide bonds. The average molecular weight is 601 g/mol. The van der Waals surface area contributed by atoms with E-state index in [9.17, 15) is 39.2 Å². The molecule has 42 heavy (non-hydrogen) atoms. The largest absolute Gasteiger partial charge is 0.536 e. The second kappa shape index (κ2) is 12.7. The van der Waals surface area contributed by atoms with E-state index in [2.05, 4.69) is 10.6 Å². The van der Waals surface area contributed by atoms with E-state index in [1.807, 2.05) is 25.1 Å². The standard InChI is InChI=1S/C27H30BClN4O9/c1-14-4-3-5-16-12-17(28(41)42-24(14)16)13-20(36)22(18-6-7-19(35)23(37)21(18)29)31-27(40)33-11-10-32(25(38)26(33)39)9-8-30-15(2)34/h3-7,17,22,35,37,41H,8-13H2,1-2H3,(H,30,34)(H,31,40)/t17-,22?/m1/s1. The number of Topliss-reactive ketones (excluding diaryl/α,β-unsaturated/α-hetero) is 1. The van der Waals surface area contributed by atoms with E-state index in [4.69, 9.17) is 16.3 Å². The van der Waals surface area contributed by atoms with Crippen LogP contribution >= 0.6 is 11.6 Å². The van der Waals surface area contributed by atoms with Crippen LogP contribution in [0.4, 0.5) is 4.79 Å². The number of para-hydroxylation sites is 1.